The minimum Gasteiger partial charge on any atom is -0.356 e. The van der Waals surface area contributed by atoms with Gasteiger partial charge in [0.05, 0.1) is 0 Å². The van der Waals surface area contributed by atoms with Crippen LogP contribution in [0.2, 0.25) is 0 Å². The van der Waals surface area contributed by atoms with Gasteiger partial charge in [0.2, 0.25) is 5.91 Å². The predicted octanol–water partition coefficient (Wildman–Crippen LogP) is 0.997. The smallest absolute Gasteiger partial charge is 0.294 e. The summed E-state index contributed by atoms with van der Waals surface area (Å²) in [6.45, 7) is 4.24. The van der Waals surface area contributed by atoms with Gasteiger partial charge in [-0.05, 0) is 45.4 Å². The highest BCUT2D eigenvalue weighted by molar-refractivity contribution is 5.77. The summed E-state index contributed by atoms with van der Waals surface area (Å²) in [5.74, 6) is 0.326. The molecule has 1 saturated carbocycles. The molecule has 1 aliphatic rings. The van der Waals surface area contributed by atoms with E-state index >= 15 is 0 Å². The van der Waals surface area contributed by atoms with Crippen LogP contribution in [0, 0.1) is 16.0 Å². The van der Waals surface area contributed by atoms with Gasteiger partial charge in [-0.15, -0.1) is 10.1 Å². The van der Waals surface area contributed by atoms with Crippen LogP contribution < -0.4 is 11.1 Å². The van der Waals surface area contributed by atoms with Crippen LogP contribution in [-0.2, 0) is 9.63 Å². The van der Waals surface area contributed by atoms with E-state index in [-0.39, 0.29) is 12.0 Å². The Kier molecular flexibility index (Phi) is 5.53. The van der Waals surface area contributed by atoms with Crippen molar-refractivity contribution in [1.29, 1.82) is 0 Å². The van der Waals surface area contributed by atoms with Gasteiger partial charge < -0.3 is 15.9 Å². The molecule has 1 amide bonds. The van der Waals surface area contributed by atoms with Gasteiger partial charge in [0.25, 0.3) is 5.09 Å². The number of hydrogen-bond acceptors (Lipinski definition) is 5. The molecule has 3 N–H and O–H groups in total. The Morgan fingerprint density at radius 2 is 2.00 bits per heavy atom. The Hall–Kier alpha value is -1.37. The molecule has 0 bridgehead atoms. The van der Waals surface area contributed by atoms with Crippen molar-refractivity contribution in [2.45, 2.75) is 57.6 Å². The number of carbonyl (C=O) groups is 1. The van der Waals surface area contributed by atoms with Crippen LogP contribution in [0.4, 0.5) is 0 Å². The fourth-order valence-corrected chi connectivity index (χ4v) is 2.30. The van der Waals surface area contributed by atoms with Gasteiger partial charge in [0, 0.05) is 18.5 Å². The number of nitrogens with zero attached hydrogens (tertiary/aromatic N) is 1. The monoisotopic (exact) mass is 273 g/mol. The highest BCUT2D eigenvalue weighted by atomic mass is 17.0. The molecule has 1 fully saturated rings. The third-order valence-corrected chi connectivity index (χ3v) is 3.23. The number of carbonyl (C=O) groups excluding carboxylic acids is 1. The van der Waals surface area contributed by atoms with Gasteiger partial charge in [-0.3, -0.25) is 4.79 Å². The molecule has 1 aliphatic carbocycles. The molecule has 0 aromatic rings. The summed E-state index contributed by atoms with van der Waals surface area (Å²) in [4.78, 5) is 26.4. The van der Waals surface area contributed by atoms with Crippen molar-refractivity contribution < 1.29 is 14.7 Å². The van der Waals surface area contributed by atoms with Crippen LogP contribution in [0.1, 0.15) is 46.0 Å². The third kappa shape index (κ3) is 6.95. The Labute approximate surface area is 113 Å². The topological polar surface area (TPSA) is 107 Å². The van der Waals surface area contributed by atoms with Crippen LogP contribution in [0.5, 0.6) is 0 Å². The molecule has 110 valence electrons. The second-order valence-electron chi connectivity index (χ2n) is 5.94. The molecular formula is C12H23N3O4. The van der Waals surface area contributed by atoms with Crippen molar-refractivity contribution in [2.24, 2.45) is 11.7 Å². The zero-order chi connectivity index (χ0) is 14.5. The van der Waals surface area contributed by atoms with E-state index in [1.165, 1.54) is 0 Å². The Morgan fingerprint density at radius 1 is 1.42 bits per heavy atom. The van der Waals surface area contributed by atoms with E-state index in [4.69, 9.17) is 5.73 Å². The average Bonchev–Trinajstić information content (AvgIpc) is 2.25. The maximum Gasteiger partial charge on any atom is 0.294 e. The molecule has 0 spiro atoms. The summed E-state index contributed by atoms with van der Waals surface area (Å²) >= 11 is 0. The highest BCUT2D eigenvalue weighted by Gasteiger charge is 2.24. The molecule has 0 heterocycles. The van der Waals surface area contributed by atoms with Crippen LogP contribution >= 0.6 is 0 Å². The molecule has 0 atom stereocenters. The van der Waals surface area contributed by atoms with Gasteiger partial charge in [0.15, 0.2) is 0 Å². The van der Waals surface area contributed by atoms with E-state index in [0.717, 1.165) is 12.8 Å². The lowest BCUT2D eigenvalue weighted by atomic mass is 9.87. The standard InChI is InChI=1S/C12H23N3O4/c1-12(2,13)7-11(16)14-8-9-3-5-10(6-4-9)19-15(17)18/h9-10H,3-8,13H2,1-2H3,(H,14,16). The molecule has 0 aromatic heterocycles. The average molecular weight is 273 g/mol. The van der Waals surface area contributed by atoms with E-state index in [1.807, 2.05) is 13.8 Å². The van der Waals surface area contributed by atoms with Crippen molar-refractivity contribution in [3.8, 4) is 0 Å². The van der Waals surface area contributed by atoms with Crippen molar-refractivity contribution in [3.63, 3.8) is 0 Å². The SMILES string of the molecule is CC(C)(N)CC(=O)NCC1CCC(O[N+](=O)[O-])CC1. The summed E-state index contributed by atoms with van der Waals surface area (Å²) in [5, 5.41) is 12.4. The first-order chi connectivity index (χ1) is 8.76. The van der Waals surface area contributed by atoms with Crippen molar-refractivity contribution >= 4 is 5.91 Å². The van der Waals surface area contributed by atoms with E-state index in [0.29, 0.717) is 31.7 Å². The van der Waals surface area contributed by atoms with E-state index < -0.39 is 10.6 Å². The largest absolute Gasteiger partial charge is 0.356 e. The molecule has 0 aromatic carbocycles. The Balaban J connectivity index is 2.19. The molecular weight excluding hydrogens is 250 g/mol. The number of amides is 1. The fraction of sp³-hybridized carbons (Fsp3) is 0.917. The minimum absolute atomic E-state index is 0.0452. The maximum absolute atomic E-state index is 11.6. The van der Waals surface area contributed by atoms with E-state index in [1.54, 1.807) is 0 Å². The molecule has 1 rings (SSSR count). The summed E-state index contributed by atoms with van der Waals surface area (Å²) in [6, 6.07) is 0. The number of nitrogens with one attached hydrogen (secondary N) is 1. The molecule has 19 heavy (non-hydrogen) atoms. The van der Waals surface area contributed by atoms with Crippen molar-refractivity contribution in [3.05, 3.63) is 10.1 Å². The quantitative estimate of drug-likeness (QED) is 0.554. The molecule has 7 nitrogen and oxygen atoms in total. The third-order valence-electron chi connectivity index (χ3n) is 3.23. The number of rotatable bonds is 6. The molecule has 0 unspecified atom stereocenters. The van der Waals surface area contributed by atoms with Crippen molar-refractivity contribution in [2.75, 3.05) is 6.54 Å². The Bertz CT molecular complexity index is 319. The number of hydrogen-bond donors (Lipinski definition) is 2. The van der Waals surface area contributed by atoms with Crippen LogP contribution in [0.25, 0.3) is 0 Å². The minimum atomic E-state index is -0.726. The van der Waals surface area contributed by atoms with Crippen LogP contribution in [-0.4, -0.2) is 29.2 Å². The van der Waals surface area contributed by atoms with Crippen LogP contribution in [0.15, 0.2) is 0 Å². The lowest BCUT2D eigenvalue weighted by molar-refractivity contribution is -0.769. The zero-order valence-corrected chi connectivity index (χ0v) is 11.6. The predicted molar refractivity (Wildman–Crippen MR) is 69.7 cm³/mol. The first-order valence-corrected chi connectivity index (χ1v) is 6.63. The zero-order valence-electron chi connectivity index (χ0n) is 11.6. The molecule has 0 saturated heterocycles. The summed E-state index contributed by atoms with van der Waals surface area (Å²) < 4.78 is 0. The second kappa shape index (κ2) is 6.70. The molecule has 0 aliphatic heterocycles. The second-order valence-corrected chi connectivity index (χ2v) is 5.94. The lowest BCUT2D eigenvalue weighted by Crippen LogP contribution is -2.40. The molecule has 0 radical (unpaired) electrons. The van der Waals surface area contributed by atoms with Gasteiger partial charge in [-0.2, -0.15) is 0 Å². The first kappa shape index (κ1) is 15.7. The van der Waals surface area contributed by atoms with Gasteiger partial charge in [-0.25, -0.2) is 0 Å². The number of nitrogens with two attached hydrogens (primary N) is 1. The van der Waals surface area contributed by atoms with E-state index in [2.05, 4.69) is 10.2 Å². The maximum atomic E-state index is 11.6. The van der Waals surface area contributed by atoms with E-state index in [9.17, 15) is 14.9 Å². The van der Waals surface area contributed by atoms with Crippen molar-refractivity contribution in [1.82, 2.24) is 5.32 Å². The van der Waals surface area contributed by atoms with Gasteiger partial charge in [-0.1, -0.05) is 0 Å². The Morgan fingerprint density at radius 3 is 2.47 bits per heavy atom. The fourth-order valence-electron chi connectivity index (χ4n) is 2.30. The highest BCUT2D eigenvalue weighted by Crippen LogP contribution is 2.25. The normalized spacial score (nSPS) is 23.7. The first-order valence-electron chi connectivity index (χ1n) is 6.63. The van der Waals surface area contributed by atoms with Crippen LogP contribution in [0.3, 0.4) is 0 Å². The summed E-state index contributed by atoms with van der Waals surface area (Å²) in [5.41, 5.74) is 5.27. The summed E-state index contributed by atoms with van der Waals surface area (Å²) in [7, 11) is 0. The lowest BCUT2D eigenvalue weighted by Gasteiger charge is -2.27. The van der Waals surface area contributed by atoms with Gasteiger partial charge >= 0.3 is 0 Å². The molecule has 7 heteroatoms. The van der Waals surface area contributed by atoms with Gasteiger partial charge in [0.1, 0.15) is 6.10 Å². The summed E-state index contributed by atoms with van der Waals surface area (Å²) in [6.07, 6.45) is 3.03.